The quantitative estimate of drug-likeness (QED) is 0.667. The van der Waals surface area contributed by atoms with E-state index >= 15 is 0 Å². The monoisotopic (exact) mass is 418 g/mol. The Balaban J connectivity index is 1.76. The highest BCUT2D eigenvalue weighted by Gasteiger charge is 2.39. The van der Waals surface area contributed by atoms with Gasteiger partial charge in [-0.3, -0.25) is 0 Å². The predicted molar refractivity (Wildman–Crippen MR) is 88.1 cm³/mol. The lowest BCUT2D eigenvalue weighted by Gasteiger charge is -2.38. The SMILES string of the molecule is CCOC(=O)c1nc(N2C[C@H](Oc3cccc(C(F)(F)F)n3)[C@@H](O)[C@@H](O)C2)no1. The number of hydrogen-bond acceptors (Lipinski definition) is 10. The summed E-state index contributed by atoms with van der Waals surface area (Å²) in [5, 5.41) is 23.9. The number of carbonyl (C=O) groups excluding carboxylic acids is 1. The molecule has 1 aliphatic rings. The predicted octanol–water partition coefficient (Wildman–Crippen LogP) is 0.649. The molecule has 2 N–H and O–H groups in total. The van der Waals surface area contributed by atoms with Gasteiger partial charge in [-0.2, -0.15) is 18.2 Å². The van der Waals surface area contributed by atoms with Crippen LogP contribution in [0.3, 0.4) is 0 Å². The number of pyridine rings is 1. The van der Waals surface area contributed by atoms with E-state index in [1.807, 2.05) is 0 Å². The van der Waals surface area contributed by atoms with Gasteiger partial charge in [-0.25, -0.2) is 9.78 Å². The Hall–Kier alpha value is -2.93. The van der Waals surface area contributed by atoms with Crippen LogP contribution in [-0.2, 0) is 10.9 Å². The second kappa shape index (κ2) is 8.21. The van der Waals surface area contributed by atoms with E-state index in [4.69, 9.17) is 14.0 Å². The molecule has 1 saturated heterocycles. The number of halogens is 3. The van der Waals surface area contributed by atoms with E-state index in [9.17, 15) is 28.2 Å². The third kappa shape index (κ3) is 4.74. The van der Waals surface area contributed by atoms with Crippen LogP contribution in [0, 0.1) is 0 Å². The zero-order valence-electron chi connectivity index (χ0n) is 15.0. The first-order valence-corrected chi connectivity index (χ1v) is 8.52. The van der Waals surface area contributed by atoms with Gasteiger partial charge >= 0.3 is 18.0 Å². The molecule has 1 aliphatic heterocycles. The maximum absolute atomic E-state index is 12.8. The van der Waals surface area contributed by atoms with Crippen LogP contribution in [0.1, 0.15) is 23.3 Å². The number of anilines is 1. The number of alkyl halides is 3. The molecule has 0 amide bonds. The fraction of sp³-hybridized carbons (Fsp3) is 0.500. The van der Waals surface area contributed by atoms with Crippen LogP contribution in [-0.4, -0.2) is 69.3 Å². The number of esters is 1. The van der Waals surface area contributed by atoms with Gasteiger partial charge in [0.05, 0.1) is 13.2 Å². The average molecular weight is 418 g/mol. The van der Waals surface area contributed by atoms with Gasteiger partial charge in [0, 0.05) is 12.6 Å². The molecular formula is C16H17F3N4O6. The van der Waals surface area contributed by atoms with Crippen LogP contribution in [0.2, 0.25) is 0 Å². The zero-order chi connectivity index (χ0) is 21.2. The van der Waals surface area contributed by atoms with Gasteiger partial charge in [0.2, 0.25) is 5.88 Å². The highest BCUT2D eigenvalue weighted by Crippen LogP contribution is 2.29. The minimum atomic E-state index is -4.66. The van der Waals surface area contributed by atoms with Gasteiger partial charge < -0.3 is 29.1 Å². The van der Waals surface area contributed by atoms with Crippen molar-refractivity contribution in [1.82, 2.24) is 15.1 Å². The lowest BCUT2D eigenvalue weighted by atomic mass is 10.0. The Labute approximate surface area is 161 Å². The van der Waals surface area contributed by atoms with Crippen LogP contribution in [0.15, 0.2) is 22.7 Å². The molecule has 0 aromatic carbocycles. The van der Waals surface area contributed by atoms with Gasteiger partial charge in [0.15, 0.2) is 0 Å². The second-order valence-electron chi connectivity index (χ2n) is 6.10. The van der Waals surface area contributed by atoms with E-state index in [0.29, 0.717) is 0 Å². The number of piperidine rings is 1. The molecule has 3 rings (SSSR count). The molecule has 3 atom stereocenters. The van der Waals surface area contributed by atoms with Gasteiger partial charge in [0.1, 0.15) is 24.0 Å². The number of aliphatic hydroxyl groups is 2. The van der Waals surface area contributed by atoms with Crippen LogP contribution >= 0.6 is 0 Å². The van der Waals surface area contributed by atoms with Crippen molar-refractivity contribution in [2.75, 3.05) is 24.6 Å². The third-order valence-corrected chi connectivity index (χ3v) is 4.02. The van der Waals surface area contributed by atoms with E-state index in [-0.39, 0.29) is 31.5 Å². The molecule has 0 spiro atoms. The van der Waals surface area contributed by atoms with Crippen molar-refractivity contribution in [3.8, 4) is 5.88 Å². The number of aliphatic hydroxyl groups excluding tert-OH is 2. The maximum atomic E-state index is 12.8. The molecule has 158 valence electrons. The summed E-state index contributed by atoms with van der Waals surface area (Å²) in [6.45, 7) is 1.46. The molecule has 13 heteroatoms. The molecule has 29 heavy (non-hydrogen) atoms. The average Bonchev–Trinajstić information content (AvgIpc) is 3.15. The first-order chi connectivity index (χ1) is 13.7. The van der Waals surface area contributed by atoms with Crippen molar-refractivity contribution in [2.24, 2.45) is 0 Å². The first kappa shape index (κ1) is 20.8. The molecule has 0 bridgehead atoms. The number of ether oxygens (including phenoxy) is 2. The summed E-state index contributed by atoms with van der Waals surface area (Å²) < 4.78 is 53.3. The summed E-state index contributed by atoms with van der Waals surface area (Å²) in [5.41, 5.74) is -1.16. The second-order valence-corrected chi connectivity index (χ2v) is 6.10. The standard InChI is InChI=1S/C16H17F3N4O6/c1-2-27-14(26)13-21-15(22-29-13)23-6-8(24)12(25)9(7-23)28-11-5-3-4-10(20-11)16(17,18)19/h3-5,8-9,12,24-25H,2,6-7H2,1H3/t8-,9-,12-/m0/s1. The fourth-order valence-electron chi connectivity index (χ4n) is 2.66. The lowest BCUT2D eigenvalue weighted by molar-refractivity contribution is -0.141. The highest BCUT2D eigenvalue weighted by molar-refractivity contribution is 5.84. The van der Waals surface area contributed by atoms with Crippen LogP contribution in [0.4, 0.5) is 19.1 Å². The van der Waals surface area contributed by atoms with Crippen molar-refractivity contribution in [1.29, 1.82) is 0 Å². The number of β-amino-alcohol motifs (C(OH)–C–C–N with tert-alkyl or cyclic N) is 1. The summed E-state index contributed by atoms with van der Waals surface area (Å²) in [6.07, 6.45) is -8.55. The van der Waals surface area contributed by atoms with Crippen molar-refractivity contribution in [3.05, 3.63) is 29.8 Å². The van der Waals surface area contributed by atoms with E-state index in [2.05, 4.69) is 15.1 Å². The van der Waals surface area contributed by atoms with Gasteiger partial charge in [-0.1, -0.05) is 6.07 Å². The summed E-state index contributed by atoms with van der Waals surface area (Å²) in [6, 6.07) is 3.08. The summed E-state index contributed by atoms with van der Waals surface area (Å²) in [7, 11) is 0. The topological polar surface area (TPSA) is 131 Å². The van der Waals surface area contributed by atoms with Crippen LogP contribution in [0.25, 0.3) is 0 Å². The molecule has 0 saturated carbocycles. The Morgan fingerprint density at radius 3 is 2.76 bits per heavy atom. The Morgan fingerprint density at radius 1 is 1.31 bits per heavy atom. The number of nitrogens with zero attached hydrogens (tertiary/aromatic N) is 4. The van der Waals surface area contributed by atoms with Gasteiger partial charge in [-0.15, -0.1) is 0 Å². The molecule has 3 heterocycles. The molecule has 2 aromatic rings. The van der Waals surface area contributed by atoms with E-state index in [0.717, 1.165) is 12.1 Å². The largest absolute Gasteiger partial charge is 0.470 e. The number of rotatable bonds is 5. The Kier molecular flexibility index (Phi) is 5.88. The molecule has 10 nitrogen and oxygen atoms in total. The van der Waals surface area contributed by atoms with Gasteiger partial charge in [-0.05, 0) is 18.1 Å². The van der Waals surface area contributed by atoms with Crippen molar-refractivity contribution in [3.63, 3.8) is 0 Å². The van der Waals surface area contributed by atoms with Crippen molar-refractivity contribution in [2.45, 2.75) is 31.4 Å². The molecule has 0 unspecified atom stereocenters. The first-order valence-electron chi connectivity index (χ1n) is 8.52. The van der Waals surface area contributed by atoms with E-state index in [1.165, 1.54) is 11.0 Å². The maximum Gasteiger partial charge on any atom is 0.433 e. The molecule has 2 aromatic heterocycles. The molecule has 1 fully saturated rings. The summed E-state index contributed by atoms with van der Waals surface area (Å²) in [5.74, 6) is -1.69. The smallest absolute Gasteiger partial charge is 0.433 e. The lowest BCUT2D eigenvalue weighted by Crippen LogP contribution is -2.58. The van der Waals surface area contributed by atoms with Crippen molar-refractivity contribution >= 4 is 11.9 Å². The number of aromatic nitrogens is 3. The van der Waals surface area contributed by atoms with Crippen molar-refractivity contribution < 1.29 is 42.2 Å². The Morgan fingerprint density at radius 2 is 2.07 bits per heavy atom. The minimum absolute atomic E-state index is 0.0791. The van der Waals surface area contributed by atoms with E-state index < -0.39 is 42.0 Å². The fourth-order valence-corrected chi connectivity index (χ4v) is 2.66. The summed E-state index contributed by atoms with van der Waals surface area (Å²) >= 11 is 0. The highest BCUT2D eigenvalue weighted by atomic mass is 19.4. The molecule has 0 aliphatic carbocycles. The molecule has 0 radical (unpaired) electrons. The van der Waals surface area contributed by atoms with Gasteiger partial charge in [0.25, 0.3) is 5.95 Å². The Bertz CT molecular complexity index is 861. The van der Waals surface area contributed by atoms with Crippen LogP contribution in [0.5, 0.6) is 5.88 Å². The summed E-state index contributed by atoms with van der Waals surface area (Å²) in [4.78, 5) is 20.2. The molecular weight excluding hydrogens is 401 g/mol. The van der Waals surface area contributed by atoms with E-state index in [1.54, 1.807) is 6.92 Å². The normalized spacial score (nSPS) is 22.4. The number of carbonyl (C=O) groups is 1. The third-order valence-electron chi connectivity index (χ3n) is 4.02. The zero-order valence-corrected chi connectivity index (χ0v) is 15.0. The minimum Gasteiger partial charge on any atom is -0.470 e. The number of hydrogen-bond donors (Lipinski definition) is 2. The van der Waals surface area contributed by atoms with Crippen LogP contribution < -0.4 is 9.64 Å².